The molecule has 0 saturated carbocycles. The normalized spacial score (nSPS) is 17.6. The van der Waals surface area contributed by atoms with Crippen molar-refractivity contribution < 1.29 is 4.74 Å². The summed E-state index contributed by atoms with van der Waals surface area (Å²) in [5.74, 6) is 1.72. The average Bonchev–Trinajstić information content (AvgIpc) is 2.91. The highest BCUT2D eigenvalue weighted by Crippen LogP contribution is 2.30. The van der Waals surface area contributed by atoms with Crippen LogP contribution < -0.4 is 0 Å². The van der Waals surface area contributed by atoms with E-state index in [9.17, 15) is 0 Å². The Morgan fingerprint density at radius 1 is 1.32 bits per heavy atom. The number of rotatable bonds is 5. The fourth-order valence-corrected chi connectivity index (χ4v) is 3.36. The molecule has 0 spiro atoms. The minimum Gasteiger partial charge on any atom is -0.383 e. The van der Waals surface area contributed by atoms with E-state index in [1.54, 1.807) is 7.11 Å². The Morgan fingerprint density at radius 2 is 2.09 bits per heavy atom. The number of nitrogens with zero attached hydrogens (tertiary/aromatic N) is 4. The molecule has 22 heavy (non-hydrogen) atoms. The second kappa shape index (κ2) is 6.75. The van der Waals surface area contributed by atoms with Crippen LogP contribution in [0.1, 0.15) is 38.4 Å². The number of fused-ring (bicyclic) bond motifs is 1. The first-order chi connectivity index (χ1) is 10.7. The molecular formula is C17H26N4O. The number of likely N-dealkylation sites (tertiary alicyclic amines) is 1. The van der Waals surface area contributed by atoms with Crippen molar-refractivity contribution in [2.45, 2.75) is 45.2 Å². The molecule has 0 unspecified atom stereocenters. The monoisotopic (exact) mass is 302 g/mol. The fourth-order valence-electron chi connectivity index (χ4n) is 3.36. The standard InChI is InChI=1S/C17H26N4O/c1-13(2)20-9-6-14(7-10-20)16-19-15-5-4-8-18-17(15)21(16)11-12-22-3/h4-5,8,13-14H,6-7,9-12H2,1-3H3. The van der Waals surface area contributed by atoms with Gasteiger partial charge in [-0.2, -0.15) is 0 Å². The summed E-state index contributed by atoms with van der Waals surface area (Å²) in [7, 11) is 1.74. The number of aromatic nitrogens is 3. The fraction of sp³-hybridized carbons (Fsp3) is 0.647. The van der Waals surface area contributed by atoms with Gasteiger partial charge >= 0.3 is 0 Å². The summed E-state index contributed by atoms with van der Waals surface area (Å²) in [6.07, 6.45) is 4.20. The van der Waals surface area contributed by atoms with E-state index < -0.39 is 0 Å². The molecule has 2 aromatic heterocycles. The van der Waals surface area contributed by atoms with Crippen LogP contribution in [0.25, 0.3) is 11.2 Å². The first-order valence-electron chi connectivity index (χ1n) is 8.25. The van der Waals surface area contributed by atoms with Gasteiger partial charge in [-0.15, -0.1) is 0 Å². The predicted octanol–water partition coefficient (Wildman–Crippen LogP) is 2.67. The van der Waals surface area contributed by atoms with E-state index in [0.29, 0.717) is 18.6 Å². The van der Waals surface area contributed by atoms with E-state index in [2.05, 4.69) is 34.4 Å². The SMILES string of the molecule is COCCn1c(C2CCN(C(C)C)CC2)nc2cccnc21. The molecule has 1 saturated heterocycles. The van der Waals surface area contributed by atoms with Gasteiger partial charge in [0.2, 0.25) is 0 Å². The maximum atomic E-state index is 5.27. The molecule has 0 atom stereocenters. The van der Waals surface area contributed by atoms with E-state index in [1.807, 2.05) is 12.3 Å². The van der Waals surface area contributed by atoms with Crippen LogP contribution in [0.15, 0.2) is 18.3 Å². The summed E-state index contributed by atoms with van der Waals surface area (Å²) in [5.41, 5.74) is 1.99. The summed E-state index contributed by atoms with van der Waals surface area (Å²) in [5, 5.41) is 0. The van der Waals surface area contributed by atoms with Crippen molar-refractivity contribution in [2.24, 2.45) is 0 Å². The largest absolute Gasteiger partial charge is 0.383 e. The maximum absolute atomic E-state index is 5.27. The predicted molar refractivity (Wildman–Crippen MR) is 88.1 cm³/mol. The molecule has 120 valence electrons. The van der Waals surface area contributed by atoms with Crippen molar-refractivity contribution in [1.29, 1.82) is 0 Å². The van der Waals surface area contributed by atoms with Crippen LogP contribution in [0.4, 0.5) is 0 Å². The third-order valence-electron chi connectivity index (χ3n) is 4.68. The lowest BCUT2D eigenvalue weighted by Crippen LogP contribution is -2.38. The third kappa shape index (κ3) is 3.01. The molecule has 0 radical (unpaired) electrons. The van der Waals surface area contributed by atoms with Crippen molar-refractivity contribution in [1.82, 2.24) is 19.4 Å². The zero-order chi connectivity index (χ0) is 15.5. The number of hydrogen-bond acceptors (Lipinski definition) is 4. The Kier molecular flexibility index (Phi) is 4.74. The topological polar surface area (TPSA) is 43.2 Å². The van der Waals surface area contributed by atoms with Gasteiger partial charge in [0.05, 0.1) is 6.61 Å². The number of methoxy groups -OCH3 is 1. The number of pyridine rings is 1. The lowest BCUT2D eigenvalue weighted by atomic mass is 9.95. The molecule has 0 bridgehead atoms. The van der Waals surface area contributed by atoms with Crippen molar-refractivity contribution >= 4 is 11.2 Å². The zero-order valence-corrected chi connectivity index (χ0v) is 13.8. The summed E-state index contributed by atoms with van der Waals surface area (Å²) in [6, 6.07) is 4.65. The van der Waals surface area contributed by atoms with Crippen LogP contribution in [0.3, 0.4) is 0 Å². The van der Waals surface area contributed by atoms with Crippen molar-refractivity contribution in [3.8, 4) is 0 Å². The van der Waals surface area contributed by atoms with Gasteiger partial charge in [0.15, 0.2) is 5.65 Å². The molecular weight excluding hydrogens is 276 g/mol. The third-order valence-corrected chi connectivity index (χ3v) is 4.68. The smallest absolute Gasteiger partial charge is 0.160 e. The van der Waals surface area contributed by atoms with Gasteiger partial charge in [0.1, 0.15) is 11.3 Å². The van der Waals surface area contributed by atoms with Crippen molar-refractivity contribution in [2.75, 3.05) is 26.8 Å². The average molecular weight is 302 g/mol. The lowest BCUT2D eigenvalue weighted by molar-refractivity contribution is 0.164. The Morgan fingerprint density at radius 3 is 2.77 bits per heavy atom. The highest BCUT2D eigenvalue weighted by molar-refractivity contribution is 5.71. The van der Waals surface area contributed by atoms with Crippen molar-refractivity contribution in [3.05, 3.63) is 24.2 Å². The van der Waals surface area contributed by atoms with Gasteiger partial charge in [-0.05, 0) is 51.9 Å². The highest BCUT2D eigenvalue weighted by Gasteiger charge is 2.26. The molecule has 0 aliphatic carbocycles. The van der Waals surface area contributed by atoms with Crippen molar-refractivity contribution in [3.63, 3.8) is 0 Å². The molecule has 5 heteroatoms. The number of ether oxygens (including phenoxy) is 1. The number of hydrogen-bond donors (Lipinski definition) is 0. The minimum atomic E-state index is 0.529. The molecule has 5 nitrogen and oxygen atoms in total. The van der Waals surface area contributed by atoms with E-state index in [-0.39, 0.29) is 0 Å². The second-order valence-electron chi connectivity index (χ2n) is 6.36. The summed E-state index contributed by atoms with van der Waals surface area (Å²) < 4.78 is 7.53. The van der Waals surface area contributed by atoms with Gasteiger partial charge in [0.25, 0.3) is 0 Å². The summed E-state index contributed by atoms with van der Waals surface area (Å²) in [4.78, 5) is 12.0. The molecule has 1 aliphatic heterocycles. The second-order valence-corrected chi connectivity index (χ2v) is 6.36. The van der Waals surface area contributed by atoms with E-state index >= 15 is 0 Å². The van der Waals surface area contributed by atoms with E-state index in [0.717, 1.165) is 30.8 Å². The molecule has 1 aliphatic rings. The van der Waals surface area contributed by atoms with Gasteiger partial charge < -0.3 is 14.2 Å². The molecule has 3 heterocycles. The van der Waals surface area contributed by atoms with E-state index in [1.165, 1.54) is 18.7 Å². The van der Waals surface area contributed by atoms with Gasteiger partial charge in [-0.1, -0.05) is 0 Å². The molecule has 1 fully saturated rings. The molecule has 3 rings (SSSR count). The molecule has 0 aromatic carbocycles. The number of piperidine rings is 1. The van der Waals surface area contributed by atoms with Crippen LogP contribution in [-0.4, -0.2) is 52.3 Å². The summed E-state index contributed by atoms with van der Waals surface area (Å²) >= 11 is 0. The van der Waals surface area contributed by atoms with Crippen LogP contribution in [0, 0.1) is 0 Å². The first-order valence-corrected chi connectivity index (χ1v) is 8.25. The number of imidazole rings is 1. The van der Waals surface area contributed by atoms with Gasteiger partial charge in [-0.3, -0.25) is 0 Å². The Hall–Kier alpha value is -1.46. The minimum absolute atomic E-state index is 0.529. The maximum Gasteiger partial charge on any atom is 0.160 e. The first kappa shape index (κ1) is 15.4. The quantitative estimate of drug-likeness (QED) is 0.851. The van der Waals surface area contributed by atoms with Crippen LogP contribution >= 0.6 is 0 Å². The Bertz CT molecular complexity index is 614. The Balaban J connectivity index is 1.86. The van der Waals surface area contributed by atoms with Crippen LogP contribution in [0.2, 0.25) is 0 Å². The molecule has 2 aromatic rings. The Labute approximate surface area is 132 Å². The van der Waals surface area contributed by atoms with Crippen LogP contribution in [0.5, 0.6) is 0 Å². The zero-order valence-electron chi connectivity index (χ0n) is 13.8. The summed E-state index contributed by atoms with van der Waals surface area (Å²) in [6.45, 7) is 8.38. The van der Waals surface area contributed by atoms with Gasteiger partial charge in [0, 0.05) is 31.8 Å². The van der Waals surface area contributed by atoms with Gasteiger partial charge in [-0.25, -0.2) is 9.97 Å². The molecule has 0 N–H and O–H groups in total. The van der Waals surface area contributed by atoms with Crippen LogP contribution in [-0.2, 0) is 11.3 Å². The highest BCUT2D eigenvalue weighted by atomic mass is 16.5. The molecule has 0 amide bonds. The lowest BCUT2D eigenvalue weighted by Gasteiger charge is -2.34. The van der Waals surface area contributed by atoms with E-state index in [4.69, 9.17) is 9.72 Å².